The normalized spacial score (nSPS) is 25.2. The van der Waals surface area contributed by atoms with E-state index in [4.69, 9.17) is 13.7 Å². The van der Waals surface area contributed by atoms with Crippen LogP contribution >= 0.6 is 0 Å². The van der Waals surface area contributed by atoms with Crippen molar-refractivity contribution in [3.05, 3.63) is 60.2 Å². The van der Waals surface area contributed by atoms with Crippen molar-refractivity contribution in [3.8, 4) is 22.6 Å². The Balaban J connectivity index is 2.15. The molecule has 0 aromatic heterocycles. The zero-order chi connectivity index (χ0) is 26.6. The Morgan fingerprint density at radius 1 is 1.06 bits per heavy atom. The van der Waals surface area contributed by atoms with E-state index in [1.807, 2.05) is 6.92 Å². The van der Waals surface area contributed by atoms with Crippen molar-refractivity contribution in [3.63, 3.8) is 0 Å². The van der Waals surface area contributed by atoms with E-state index in [0.29, 0.717) is 12.0 Å². The Labute approximate surface area is 208 Å². The summed E-state index contributed by atoms with van der Waals surface area (Å²) in [5, 5.41) is 50.3. The lowest BCUT2D eigenvalue weighted by Gasteiger charge is -2.39. The first-order chi connectivity index (χ1) is 17.0. The molecule has 1 saturated heterocycles. The second-order valence-corrected chi connectivity index (χ2v) is 9.36. The molecule has 0 aliphatic carbocycles. The van der Waals surface area contributed by atoms with Crippen LogP contribution in [0.1, 0.15) is 30.6 Å². The molecule has 36 heavy (non-hydrogen) atoms. The van der Waals surface area contributed by atoms with Crippen LogP contribution < -0.4 is 8.92 Å². The van der Waals surface area contributed by atoms with Crippen molar-refractivity contribution >= 4 is 10.4 Å². The van der Waals surface area contributed by atoms with Gasteiger partial charge >= 0.3 is 10.4 Å². The molecule has 1 aliphatic heterocycles. The Morgan fingerprint density at radius 2 is 1.72 bits per heavy atom. The summed E-state index contributed by atoms with van der Waals surface area (Å²) in [6.45, 7) is 4.85. The van der Waals surface area contributed by atoms with E-state index in [1.165, 1.54) is 30.3 Å². The first-order valence-electron chi connectivity index (χ1n) is 11.2. The second-order valence-electron chi connectivity index (χ2n) is 8.34. The van der Waals surface area contributed by atoms with Crippen LogP contribution in [0, 0.1) is 0 Å². The molecule has 0 radical (unpaired) electrons. The molecular weight excluding hydrogens is 496 g/mol. The molecule has 1 fully saturated rings. The Hall–Kier alpha value is -2.55. The molecule has 3 rings (SSSR count). The van der Waals surface area contributed by atoms with Gasteiger partial charge in [0.25, 0.3) is 0 Å². The van der Waals surface area contributed by atoms with E-state index in [1.54, 1.807) is 12.1 Å². The summed E-state index contributed by atoms with van der Waals surface area (Å²) in [4.78, 5) is 0. The van der Waals surface area contributed by atoms with Crippen molar-refractivity contribution < 1.29 is 52.2 Å². The highest BCUT2D eigenvalue weighted by molar-refractivity contribution is 7.81. The highest BCUT2D eigenvalue weighted by Crippen LogP contribution is 2.41. The van der Waals surface area contributed by atoms with Crippen LogP contribution in [0.4, 0.5) is 0 Å². The number of aliphatic hydroxyl groups excluding tert-OH is 5. The topological polar surface area (TPSA) is 183 Å². The SMILES string of the molecule is C=CC(O)c1ccc(O[C@@H]2O[C@H](CO)[C@@H](O)[C@H](O)[C@H]2O)c(-c2cc(CCC)ccc2OS(=O)(=O)O)c1. The van der Waals surface area contributed by atoms with Crippen LogP contribution in [0.25, 0.3) is 11.1 Å². The molecule has 6 N–H and O–H groups in total. The molecule has 2 aromatic rings. The summed E-state index contributed by atoms with van der Waals surface area (Å²) < 4.78 is 48.4. The van der Waals surface area contributed by atoms with Crippen molar-refractivity contribution in [1.82, 2.24) is 0 Å². The van der Waals surface area contributed by atoms with Gasteiger partial charge in [-0.25, -0.2) is 0 Å². The quantitative estimate of drug-likeness (QED) is 0.191. The lowest BCUT2D eigenvalue weighted by molar-refractivity contribution is -0.277. The largest absolute Gasteiger partial charge is 0.461 e. The van der Waals surface area contributed by atoms with Crippen molar-refractivity contribution in [2.24, 2.45) is 0 Å². The zero-order valence-electron chi connectivity index (χ0n) is 19.5. The van der Waals surface area contributed by atoms with E-state index >= 15 is 0 Å². The number of benzene rings is 2. The van der Waals surface area contributed by atoms with Gasteiger partial charge in [-0.3, -0.25) is 4.55 Å². The van der Waals surface area contributed by atoms with E-state index in [-0.39, 0.29) is 22.6 Å². The third-order valence-electron chi connectivity index (χ3n) is 5.73. The molecule has 6 atom stereocenters. The monoisotopic (exact) mass is 526 g/mol. The average Bonchev–Trinajstić information content (AvgIpc) is 2.84. The molecule has 0 bridgehead atoms. The van der Waals surface area contributed by atoms with Gasteiger partial charge < -0.3 is 39.2 Å². The maximum Gasteiger partial charge on any atom is 0.446 e. The number of hydrogen-bond acceptors (Lipinski definition) is 10. The fraction of sp³-hybridized carbons (Fsp3) is 0.417. The van der Waals surface area contributed by atoms with Crippen LogP contribution in [0.15, 0.2) is 49.1 Å². The minimum absolute atomic E-state index is 0.0215. The summed E-state index contributed by atoms with van der Waals surface area (Å²) in [5.74, 6) is -0.213. The predicted octanol–water partition coefficient (Wildman–Crippen LogP) is 0.886. The van der Waals surface area contributed by atoms with Crippen molar-refractivity contribution in [1.29, 1.82) is 0 Å². The number of ether oxygens (including phenoxy) is 2. The molecular formula is C24H30O11S. The smallest absolute Gasteiger partial charge is 0.446 e. The van der Waals surface area contributed by atoms with Gasteiger partial charge in [0.15, 0.2) is 5.75 Å². The summed E-state index contributed by atoms with van der Waals surface area (Å²) in [6, 6.07) is 9.02. The molecule has 0 amide bonds. The molecule has 11 nitrogen and oxygen atoms in total. The van der Waals surface area contributed by atoms with E-state index in [0.717, 1.165) is 12.0 Å². The minimum atomic E-state index is -4.90. The fourth-order valence-electron chi connectivity index (χ4n) is 3.89. The molecule has 12 heteroatoms. The number of aliphatic hydroxyl groups is 5. The van der Waals surface area contributed by atoms with E-state index in [9.17, 15) is 38.5 Å². The number of aryl methyl sites for hydroxylation is 1. The van der Waals surface area contributed by atoms with Gasteiger partial charge in [0.1, 0.15) is 30.2 Å². The van der Waals surface area contributed by atoms with E-state index in [2.05, 4.69) is 6.58 Å². The first kappa shape index (κ1) is 28.0. The van der Waals surface area contributed by atoms with Crippen LogP contribution in [0.2, 0.25) is 0 Å². The van der Waals surface area contributed by atoms with Gasteiger partial charge in [-0.05, 0) is 41.8 Å². The lowest BCUT2D eigenvalue weighted by atomic mass is 9.96. The first-order valence-corrected chi connectivity index (χ1v) is 12.6. The third-order valence-corrected chi connectivity index (χ3v) is 6.12. The predicted molar refractivity (Wildman–Crippen MR) is 128 cm³/mol. The van der Waals surface area contributed by atoms with Gasteiger partial charge in [0.2, 0.25) is 6.29 Å². The second kappa shape index (κ2) is 11.7. The van der Waals surface area contributed by atoms with Gasteiger partial charge in [-0.15, -0.1) is 6.58 Å². The molecule has 1 heterocycles. The molecule has 198 valence electrons. The molecule has 0 saturated carbocycles. The Bertz CT molecular complexity index is 1160. The maximum absolute atomic E-state index is 11.5. The average molecular weight is 527 g/mol. The third kappa shape index (κ3) is 6.41. The molecule has 1 unspecified atom stereocenters. The van der Waals surface area contributed by atoms with Crippen molar-refractivity contribution in [2.75, 3.05) is 6.61 Å². The van der Waals surface area contributed by atoms with Gasteiger partial charge in [0.05, 0.1) is 12.7 Å². The molecule has 2 aromatic carbocycles. The molecule has 0 spiro atoms. The summed E-state index contributed by atoms with van der Waals surface area (Å²) in [5.41, 5.74) is 1.54. The summed E-state index contributed by atoms with van der Waals surface area (Å²) in [7, 11) is -4.90. The molecule has 1 aliphatic rings. The van der Waals surface area contributed by atoms with Crippen LogP contribution in [-0.4, -0.2) is 75.8 Å². The summed E-state index contributed by atoms with van der Waals surface area (Å²) >= 11 is 0. The Morgan fingerprint density at radius 3 is 2.33 bits per heavy atom. The summed E-state index contributed by atoms with van der Waals surface area (Å²) in [6.07, 6.45) is -6.11. The van der Waals surface area contributed by atoms with Crippen LogP contribution in [0.3, 0.4) is 0 Å². The van der Waals surface area contributed by atoms with Gasteiger partial charge in [0, 0.05) is 11.1 Å². The van der Waals surface area contributed by atoms with Crippen molar-refractivity contribution in [2.45, 2.75) is 56.6 Å². The van der Waals surface area contributed by atoms with Gasteiger partial charge in [-0.1, -0.05) is 31.6 Å². The van der Waals surface area contributed by atoms with Crippen LogP contribution in [0.5, 0.6) is 11.5 Å². The Kier molecular flexibility index (Phi) is 9.08. The highest BCUT2D eigenvalue weighted by atomic mass is 32.3. The van der Waals surface area contributed by atoms with Gasteiger partial charge in [-0.2, -0.15) is 8.42 Å². The fourth-order valence-corrected chi connectivity index (χ4v) is 4.26. The number of hydrogen-bond donors (Lipinski definition) is 6. The number of rotatable bonds is 10. The van der Waals surface area contributed by atoms with Crippen LogP contribution in [-0.2, 0) is 21.6 Å². The lowest BCUT2D eigenvalue weighted by Crippen LogP contribution is -2.60. The standard InChI is InChI=1S/C24H30O11S/c1-3-5-13-6-8-19(35-36(30,31)32)15(10-13)16-11-14(17(26)4-2)7-9-18(16)33-24-23(29)22(28)21(27)20(12-25)34-24/h4,6-11,17,20-29H,2-3,5,12H2,1H3,(H,30,31,32)/t17?,20-,21-,22+,23-,24-/m1/s1. The minimum Gasteiger partial charge on any atom is -0.461 e. The highest BCUT2D eigenvalue weighted by Gasteiger charge is 2.45. The maximum atomic E-state index is 11.5. The zero-order valence-corrected chi connectivity index (χ0v) is 20.3. The van der Waals surface area contributed by atoms with E-state index < -0.39 is 53.8 Å².